The van der Waals surface area contributed by atoms with Crippen LogP contribution in [0.2, 0.25) is 0 Å². The smallest absolute Gasteiger partial charge is 0.0492 e. The molecule has 1 aromatic heterocycles. The Hall–Kier alpha value is -0.830. The van der Waals surface area contributed by atoms with Crippen LogP contribution in [0.5, 0.6) is 0 Å². The van der Waals surface area contributed by atoms with Crippen molar-refractivity contribution in [3.05, 3.63) is 18.0 Å². The molecule has 0 aromatic carbocycles. The van der Waals surface area contributed by atoms with Crippen molar-refractivity contribution in [1.29, 1.82) is 0 Å². The monoisotopic (exact) mass is 207 g/mol. The lowest BCUT2D eigenvalue weighted by Crippen LogP contribution is -2.27. The van der Waals surface area contributed by atoms with Gasteiger partial charge >= 0.3 is 0 Å². The number of aryl methyl sites for hydroxylation is 2. The molecule has 0 saturated heterocycles. The second kappa shape index (κ2) is 4.79. The molecule has 0 amide bonds. The Balaban J connectivity index is 1.70. The molecular weight excluding hydrogens is 186 g/mol. The average Bonchev–Trinajstić information content (AvgIpc) is 2.55. The third-order valence-corrected chi connectivity index (χ3v) is 3.55. The molecule has 1 saturated carbocycles. The van der Waals surface area contributed by atoms with E-state index in [-0.39, 0.29) is 0 Å². The first kappa shape index (κ1) is 10.7. The van der Waals surface area contributed by atoms with Gasteiger partial charge in [0.1, 0.15) is 0 Å². The molecule has 1 fully saturated rings. The van der Waals surface area contributed by atoms with Crippen LogP contribution >= 0.6 is 0 Å². The number of hydrogen-bond acceptors (Lipinski definition) is 2. The molecule has 0 aliphatic heterocycles. The summed E-state index contributed by atoms with van der Waals surface area (Å²) >= 11 is 0. The Morgan fingerprint density at radius 3 is 2.93 bits per heavy atom. The minimum absolute atomic E-state index is 0.380. The summed E-state index contributed by atoms with van der Waals surface area (Å²) in [6.07, 6.45) is 9.45. The van der Waals surface area contributed by atoms with E-state index in [1.807, 2.05) is 17.9 Å². The summed E-state index contributed by atoms with van der Waals surface area (Å²) in [5.41, 5.74) is 7.41. The molecule has 0 spiro atoms. The van der Waals surface area contributed by atoms with Crippen LogP contribution in [0.25, 0.3) is 0 Å². The fourth-order valence-corrected chi connectivity index (χ4v) is 2.25. The van der Waals surface area contributed by atoms with Crippen molar-refractivity contribution in [1.82, 2.24) is 9.78 Å². The van der Waals surface area contributed by atoms with Gasteiger partial charge in [-0.2, -0.15) is 5.10 Å². The molecule has 84 valence electrons. The normalized spacial score (nSPS) is 18.8. The molecule has 1 atom stereocenters. The molecule has 3 heteroatoms. The van der Waals surface area contributed by atoms with E-state index >= 15 is 0 Å². The Morgan fingerprint density at radius 1 is 1.60 bits per heavy atom. The van der Waals surface area contributed by atoms with Gasteiger partial charge in [0.2, 0.25) is 0 Å². The zero-order chi connectivity index (χ0) is 10.7. The number of hydrogen-bond donors (Lipinski definition) is 1. The molecule has 2 N–H and O–H groups in total. The van der Waals surface area contributed by atoms with E-state index < -0.39 is 0 Å². The second-order valence-electron chi connectivity index (χ2n) is 4.78. The maximum atomic E-state index is 6.12. The van der Waals surface area contributed by atoms with Crippen LogP contribution in [-0.2, 0) is 13.5 Å². The molecular formula is C12H21N3. The van der Waals surface area contributed by atoms with Gasteiger partial charge in [-0.05, 0) is 31.2 Å². The van der Waals surface area contributed by atoms with E-state index in [0.29, 0.717) is 6.04 Å². The summed E-state index contributed by atoms with van der Waals surface area (Å²) in [4.78, 5) is 0. The van der Waals surface area contributed by atoms with Gasteiger partial charge in [0, 0.05) is 25.0 Å². The quantitative estimate of drug-likeness (QED) is 0.801. The van der Waals surface area contributed by atoms with Gasteiger partial charge in [-0.15, -0.1) is 0 Å². The Bertz CT molecular complexity index is 302. The maximum Gasteiger partial charge on any atom is 0.0492 e. The first-order valence-electron chi connectivity index (χ1n) is 5.98. The van der Waals surface area contributed by atoms with Gasteiger partial charge in [-0.3, -0.25) is 4.68 Å². The zero-order valence-corrected chi connectivity index (χ0v) is 9.52. The number of nitrogens with two attached hydrogens (primary N) is 1. The minimum atomic E-state index is 0.380. The summed E-state index contributed by atoms with van der Waals surface area (Å²) in [6.45, 7) is 0. The van der Waals surface area contributed by atoms with Crippen LogP contribution in [0.3, 0.4) is 0 Å². The van der Waals surface area contributed by atoms with Crippen LogP contribution in [0.15, 0.2) is 12.3 Å². The lowest BCUT2D eigenvalue weighted by molar-refractivity contribution is 0.271. The summed E-state index contributed by atoms with van der Waals surface area (Å²) < 4.78 is 1.94. The lowest BCUT2D eigenvalue weighted by atomic mass is 9.80. The molecule has 1 aliphatic rings. The fraction of sp³-hybridized carbons (Fsp3) is 0.750. The number of rotatable bonds is 5. The molecule has 1 heterocycles. The van der Waals surface area contributed by atoms with Gasteiger partial charge in [-0.25, -0.2) is 0 Å². The van der Waals surface area contributed by atoms with Crippen molar-refractivity contribution in [2.24, 2.45) is 18.7 Å². The summed E-state index contributed by atoms with van der Waals surface area (Å²) in [5, 5.41) is 4.16. The highest BCUT2D eigenvalue weighted by molar-refractivity contribution is 5.00. The van der Waals surface area contributed by atoms with Crippen molar-refractivity contribution in [2.75, 3.05) is 0 Å². The Morgan fingerprint density at radius 2 is 2.40 bits per heavy atom. The molecule has 2 rings (SSSR count). The van der Waals surface area contributed by atoms with Crippen molar-refractivity contribution >= 4 is 0 Å². The molecule has 15 heavy (non-hydrogen) atoms. The lowest BCUT2D eigenvalue weighted by Gasteiger charge is -2.28. The fourth-order valence-electron chi connectivity index (χ4n) is 2.25. The van der Waals surface area contributed by atoms with Crippen LogP contribution in [0.4, 0.5) is 0 Å². The SMILES string of the molecule is Cn1nccc1CCC(N)CC1CCC1. The largest absolute Gasteiger partial charge is 0.328 e. The van der Waals surface area contributed by atoms with Crippen molar-refractivity contribution in [2.45, 2.75) is 44.6 Å². The molecule has 1 aliphatic carbocycles. The molecule has 0 radical (unpaired) electrons. The predicted molar refractivity (Wildman–Crippen MR) is 61.5 cm³/mol. The Labute approximate surface area is 91.7 Å². The van der Waals surface area contributed by atoms with Crippen molar-refractivity contribution in [3.63, 3.8) is 0 Å². The van der Waals surface area contributed by atoms with Crippen LogP contribution < -0.4 is 5.73 Å². The van der Waals surface area contributed by atoms with Crippen LogP contribution in [0, 0.1) is 5.92 Å². The topological polar surface area (TPSA) is 43.8 Å². The first-order valence-corrected chi connectivity index (χ1v) is 5.98. The zero-order valence-electron chi connectivity index (χ0n) is 9.52. The van der Waals surface area contributed by atoms with Gasteiger partial charge in [-0.1, -0.05) is 19.3 Å². The summed E-state index contributed by atoms with van der Waals surface area (Å²) in [7, 11) is 1.99. The van der Waals surface area contributed by atoms with Gasteiger partial charge < -0.3 is 5.73 Å². The highest BCUT2D eigenvalue weighted by Crippen LogP contribution is 2.30. The molecule has 1 aromatic rings. The third-order valence-electron chi connectivity index (χ3n) is 3.55. The maximum absolute atomic E-state index is 6.12. The summed E-state index contributed by atoms with van der Waals surface area (Å²) in [5.74, 6) is 0.923. The Kier molecular flexibility index (Phi) is 3.41. The van der Waals surface area contributed by atoms with E-state index in [1.54, 1.807) is 0 Å². The van der Waals surface area contributed by atoms with Crippen molar-refractivity contribution in [3.8, 4) is 0 Å². The highest BCUT2D eigenvalue weighted by atomic mass is 15.2. The number of aromatic nitrogens is 2. The van der Waals surface area contributed by atoms with Crippen LogP contribution in [-0.4, -0.2) is 15.8 Å². The number of nitrogens with zero attached hydrogens (tertiary/aromatic N) is 2. The minimum Gasteiger partial charge on any atom is -0.328 e. The first-order chi connectivity index (χ1) is 7.25. The van der Waals surface area contributed by atoms with E-state index in [4.69, 9.17) is 5.73 Å². The van der Waals surface area contributed by atoms with Gasteiger partial charge in [0.15, 0.2) is 0 Å². The highest BCUT2D eigenvalue weighted by Gasteiger charge is 2.20. The van der Waals surface area contributed by atoms with E-state index in [9.17, 15) is 0 Å². The van der Waals surface area contributed by atoms with Crippen molar-refractivity contribution < 1.29 is 0 Å². The molecule has 0 bridgehead atoms. The standard InChI is InChI=1S/C12H21N3/c1-15-12(7-8-14-15)6-5-11(13)9-10-3-2-4-10/h7-8,10-11H,2-6,9,13H2,1H3. The van der Waals surface area contributed by atoms with E-state index in [1.165, 1.54) is 31.4 Å². The average molecular weight is 207 g/mol. The second-order valence-corrected chi connectivity index (χ2v) is 4.78. The predicted octanol–water partition coefficient (Wildman–Crippen LogP) is 1.87. The van der Waals surface area contributed by atoms with E-state index in [2.05, 4.69) is 11.2 Å². The molecule has 3 nitrogen and oxygen atoms in total. The van der Waals surface area contributed by atoms with Gasteiger partial charge in [0.05, 0.1) is 0 Å². The third kappa shape index (κ3) is 2.81. The van der Waals surface area contributed by atoms with Crippen LogP contribution in [0.1, 0.15) is 37.8 Å². The molecule has 1 unspecified atom stereocenters. The summed E-state index contributed by atoms with van der Waals surface area (Å²) in [6, 6.07) is 2.46. The van der Waals surface area contributed by atoms with E-state index in [0.717, 1.165) is 18.8 Å². The van der Waals surface area contributed by atoms with Gasteiger partial charge in [0.25, 0.3) is 0 Å².